The maximum atomic E-state index is 11.9. The van der Waals surface area contributed by atoms with Crippen LogP contribution in [0.5, 0.6) is 11.5 Å². The van der Waals surface area contributed by atoms with Crippen molar-refractivity contribution in [3.63, 3.8) is 0 Å². The molecule has 0 radical (unpaired) electrons. The number of nitrogens with zero attached hydrogens (tertiary/aromatic N) is 1. The summed E-state index contributed by atoms with van der Waals surface area (Å²) in [5.74, 6) is -0.0431. The highest BCUT2D eigenvalue weighted by Crippen LogP contribution is 2.31. The van der Waals surface area contributed by atoms with Crippen LogP contribution in [-0.4, -0.2) is 32.7 Å². The lowest BCUT2D eigenvalue weighted by atomic mass is 10.2. The van der Waals surface area contributed by atoms with Crippen molar-refractivity contribution in [1.82, 2.24) is 4.98 Å². The Kier molecular flexibility index (Phi) is 4.46. The third-order valence-corrected chi connectivity index (χ3v) is 4.09. The lowest BCUT2D eigenvalue weighted by molar-refractivity contribution is 0.0600. The van der Waals surface area contributed by atoms with E-state index in [0.717, 1.165) is 11.8 Å². The SMILES string of the molecule is COC(=O)c1ccc(Oc2cnccc2C)c(S(C)(=O)=O)c1. The van der Waals surface area contributed by atoms with Gasteiger partial charge < -0.3 is 9.47 Å². The summed E-state index contributed by atoms with van der Waals surface area (Å²) < 4.78 is 34.1. The molecule has 0 unspecified atom stereocenters. The Morgan fingerprint density at radius 3 is 2.50 bits per heavy atom. The van der Waals surface area contributed by atoms with Gasteiger partial charge in [0, 0.05) is 12.5 Å². The smallest absolute Gasteiger partial charge is 0.337 e. The van der Waals surface area contributed by atoms with Crippen LogP contribution in [0.25, 0.3) is 0 Å². The molecule has 0 aliphatic heterocycles. The van der Waals surface area contributed by atoms with E-state index in [9.17, 15) is 13.2 Å². The minimum absolute atomic E-state index is 0.0846. The van der Waals surface area contributed by atoms with Gasteiger partial charge in [-0.25, -0.2) is 13.2 Å². The van der Waals surface area contributed by atoms with Gasteiger partial charge in [-0.15, -0.1) is 0 Å². The van der Waals surface area contributed by atoms with Crippen LogP contribution in [-0.2, 0) is 14.6 Å². The van der Waals surface area contributed by atoms with Crippen LogP contribution >= 0.6 is 0 Å². The van der Waals surface area contributed by atoms with Gasteiger partial charge in [0.05, 0.1) is 18.9 Å². The summed E-state index contributed by atoms with van der Waals surface area (Å²) in [4.78, 5) is 15.4. The number of aryl methyl sites for hydroxylation is 1. The van der Waals surface area contributed by atoms with Crippen LogP contribution < -0.4 is 4.74 Å². The second kappa shape index (κ2) is 6.15. The van der Waals surface area contributed by atoms with E-state index in [2.05, 4.69) is 9.72 Å². The third-order valence-electron chi connectivity index (χ3n) is 2.98. The van der Waals surface area contributed by atoms with E-state index >= 15 is 0 Å². The summed E-state index contributed by atoms with van der Waals surface area (Å²) >= 11 is 0. The molecule has 0 fully saturated rings. The standard InChI is InChI=1S/C15H15NO5S/c1-10-6-7-16-9-13(10)21-12-5-4-11(15(17)20-2)8-14(12)22(3,18)19/h4-9H,1-3H3. The summed E-state index contributed by atoms with van der Waals surface area (Å²) in [6, 6.07) is 5.86. The van der Waals surface area contributed by atoms with Gasteiger partial charge in [0.2, 0.25) is 0 Å². The molecular formula is C15H15NO5S. The molecular weight excluding hydrogens is 306 g/mol. The highest BCUT2D eigenvalue weighted by molar-refractivity contribution is 7.90. The molecule has 6 nitrogen and oxygen atoms in total. The van der Waals surface area contributed by atoms with Crippen molar-refractivity contribution >= 4 is 15.8 Å². The molecule has 0 saturated carbocycles. The van der Waals surface area contributed by atoms with Gasteiger partial charge in [-0.3, -0.25) is 4.98 Å². The Balaban J connectivity index is 2.52. The second-order valence-electron chi connectivity index (χ2n) is 4.67. The molecule has 1 heterocycles. The van der Waals surface area contributed by atoms with Crippen molar-refractivity contribution < 1.29 is 22.7 Å². The minimum Gasteiger partial charge on any atom is -0.465 e. The summed E-state index contributed by atoms with van der Waals surface area (Å²) in [6.45, 7) is 1.82. The van der Waals surface area contributed by atoms with Crippen LogP contribution in [0.4, 0.5) is 0 Å². The summed E-state index contributed by atoms with van der Waals surface area (Å²) in [7, 11) is -2.36. The van der Waals surface area contributed by atoms with Crippen molar-refractivity contribution in [3.05, 3.63) is 47.8 Å². The average Bonchev–Trinajstić information content (AvgIpc) is 2.48. The third kappa shape index (κ3) is 3.43. The fourth-order valence-electron chi connectivity index (χ4n) is 1.80. The topological polar surface area (TPSA) is 82.6 Å². The van der Waals surface area contributed by atoms with E-state index in [1.807, 2.05) is 6.92 Å². The first-order chi connectivity index (χ1) is 10.3. The number of carbonyl (C=O) groups excluding carboxylic acids is 1. The van der Waals surface area contributed by atoms with Gasteiger partial charge in [0.1, 0.15) is 16.4 Å². The Hall–Kier alpha value is -2.41. The van der Waals surface area contributed by atoms with Gasteiger partial charge in [-0.1, -0.05) is 0 Å². The number of esters is 1. The van der Waals surface area contributed by atoms with Crippen LogP contribution in [0, 0.1) is 6.92 Å². The monoisotopic (exact) mass is 321 g/mol. The zero-order valence-corrected chi connectivity index (χ0v) is 13.2. The molecule has 2 aromatic rings. The molecule has 2 rings (SSSR count). The van der Waals surface area contributed by atoms with Gasteiger partial charge in [-0.2, -0.15) is 0 Å². The number of hydrogen-bond donors (Lipinski definition) is 0. The normalized spacial score (nSPS) is 11.0. The number of carbonyl (C=O) groups is 1. The number of rotatable bonds is 4. The van der Waals surface area contributed by atoms with Crippen molar-refractivity contribution in [1.29, 1.82) is 0 Å². The fraction of sp³-hybridized carbons (Fsp3) is 0.200. The van der Waals surface area contributed by atoms with E-state index in [0.29, 0.717) is 5.75 Å². The number of aromatic nitrogens is 1. The van der Waals surface area contributed by atoms with Crippen LogP contribution in [0.2, 0.25) is 0 Å². The summed E-state index contributed by atoms with van der Waals surface area (Å²) in [5.41, 5.74) is 0.949. The lowest BCUT2D eigenvalue weighted by Gasteiger charge is -2.12. The molecule has 0 saturated heterocycles. The number of ether oxygens (including phenoxy) is 2. The quantitative estimate of drug-likeness (QED) is 0.804. The molecule has 22 heavy (non-hydrogen) atoms. The van der Waals surface area contributed by atoms with Gasteiger partial charge in [0.25, 0.3) is 0 Å². The first kappa shape index (κ1) is 16.0. The van der Waals surface area contributed by atoms with Crippen molar-refractivity contribution in [3.8, 4) is 11.5 Å². The molecule has 1 aromatic heterocycles. The maximum Gasteiger partial charge on any atom is 0.337 e. The number of benzene rings is 1. The first-order valence-electron chi connectivity index (χ1n) is 6.34. The van der Waals surface area contributed by atoms with Crippen molar-refractivity contribution in [2.45, 2.75) is 11.8 Å². The highest BCUT2D eigenvalue weighted by atomic mass is 32.2. The van der Waals surface area contributed by atoms with E-state index in [-0.39, 0.29) is 16.2 Å². The zero-order valence-electron chi connectivity index (χ0n) is 12.4. The first-order valence-corrected chi connectivity index (χ1v) is 8.23. The highest BCUT2D eigenvalue weighted by Gasteiger charge is 2.19. The van der Waals surface area contributed by atoms with Crippen LogP contribution in [0.3, 0.4) is 0 Å². The molecule has 1 aromatic carbocycles. The molecule has 0 aliphatic rings. The second-order valence-corrected chi connectivity index (χ2v) is 6.65. The summed E-state index contributed by atoms with van der Waals surface area (Å²) in [6.07, 6.45) is 4.15. The largest absolute Gasteiger partial charge is 0.465 e. The summed E-state index contributed by atoms with van der Waals surface area (Å²) in [5, 5.41) is 0. The Bertz CT molecular complexity index is 814. The molecule has 0 amide bonds. The number of pyridine rings is 1. The number of methoxy groups -OCH3 is 1. The van der Waals surface area contributed by atoms with Gasteiger partial charge >= 0.3 is 5.97 Å². The number of hydrogen-bond acceptors (Lipinski definition) is 6. The van der Waals surface area contributed by atoms with E-state index in [4.69, 9.17) is 4.74 Å². The van der Waals surface area contributed by atoms with E-state index < -0.39 is 15.8 Å². The molecule has 0 spiro atoms. The molecule has 0 N–H and O–H groups in total. The van der Waals surface area contributed by atoms with Gasteiger partial charge in [-0.05, 0) is 36.8 Å². The molecule has 0 atom stereocenters. The Morgan fingerprint density at radius 1 is 1.18 bits per heavy atom. The molecule has 0 aliphatic carbocycles. The van der Waals surface area contributed by atoms with Crippen LogP contribution in [0.1, 0.15) is 15.9 Å². The van der Waals surface area contributed by atoms with Crippen LogP contribution in [0.15, 0.2) is 41.6 Å². The lowest BCUT2D eigenvalue weighted by Crippen LogP contribution is -2.06. The minimum atomic E-state index is -3.58. The Labute approximate surface area is 128 Å². The Morgan fingerprint density at radius 2 is 1.91 bits per heavy atom. The average molecular weight is 321 g/mol. The van der Waals surface area contributed by atoms with E-state index in [1.54, 1.807) is 12.3 Å². The number of sulfone groups is 1. The van der Waals surface area contributed by atoms with Crippen molar-refractivity contribution in [2.75, 3.05) is 13.4 Å². The van der Waals surface area contributed by atoms with Crippen molar-refractivity contribution in [2.24, 2.45) is 0 Å². The predicted octanol–water partition coefficient (Wildman–Crippen LogP) is 2.37. The van der Waals surface area contributed by atoms with Gasteiger partial charge in [0.15, 0.2) is 9.84 Å². The fourth-order valence-corrected chi connectivity index (χ4v) is 2.62. The van der Waals surface area contributed by atoms with E-state index in [1.165, 1.54) is 31.5 Å². The molecule has 0 bridgehead atoms. The molecule has 116 valence electrons. The zero-order chi connectivity index (χ0) is 16.3. The molecule has 7 heteroatoms. The predicted molar refractivity (Wildman–Crippen MR) is 79.9 cm³/mol. The maximum absolute atomic E-state index is 11.9.